The molecule has 0 atom stereocenters. The molecule has 3 aromatic rings. The van der Waals surface area contributed by atoms with Crippen molar-refractivity contribution >= 4 is 16.7 Å². The lowest BCUT2D eigenvalue weighted by Gasteiger charge is -2.13. The number of nitrogens with one attached hydrogen (secondary N) is 1. The first kappa shape index (κ1) is 19.0. The summed E-state index contributed by atoms with van der Waals surface area (Å²) in [6.45, 7) is 5.02. The van der Waals surface area contributed by atoms with Gasteiger partial charge in [0, 0.05) is 13.5 Å². The van der Waals surface area contributed by atoms with E-state index >= 15 is 0 Å². The predicted octanol–water partition coefficient (Wildman–Crippen LogP) is 4.90. The SMILES string of the molecule is CCCOc1ccc2cc(Cc3ccccc3)cc(CCNC(C)=O)c2c1. The second-order valence-electron chi connectivity index (χ2n) is 6.88. The van der Waals surface area contributed by atoms with Crippen molar-refractivity contribution in [2.75, 3.05) is 13.2 Å². The maximum atomic E-state index is 11.2. The Balaban J connectivity index is 1.93. The van der Waals surface area contributed by atoms with Crippen LogP contribution in [0.5, 0.6) is 5.75 Å². The van der Waals surface area contributed by atoms with E-state index in [0.29, 0.717) is 6.54 Å². The molecule has 140 valence electrons. The van der Waals surface area contributed by atoms with Crippen molar-refractivity contribution in [3.05, 3.63) is 77.4 Å². The first-order valence-electron chi connectivity index (χ1n) is 9.62. The van der Waals surface area contributed by atoms with E-state index in [0.717, 1.165) is 31.6 Å². The molecule has 1 amide bonds. The highest BCUT2D eigenvalue weighted by Gasteiger charge is 2.08. The van der Waals surface area contributed by atoms with Gasteiger partial charge in [0.15, 0.2) is 0 Å². The lowest BCUT2D eigenvalue weighted by Crippen LogP contribution is -2.22. The molecule has 3 nitrogen and oxygen atoms in total. The fourth-order valence-corrected chi connectivity index (χ4v) is 3.31. The molecule has 0 saturated carbocycles. The lowest BCUT2D eigenvalue weighted by molar-refractivity contribution is -0.118. The topological polar surface area (TPSA) is 38.3 Å². The van der Waals surface area contributed by atoms with Crippen LogP contribution < -0.4 is 10.1 Å². The van der Waals surface area contributed by atoms with Crippen molar-refractivity contribution in [2.24, 2.45) is 0 Å². The molecule has 0 unspecified atom stereocenters. The summed E-state index contributed by atoms with van der Waals surface area (Å²) in [6, 6.07) is 21.3. The number of hydrogen-bond donors (Lipinski definition) is 1. The van der Waals surface area contributed by atoms with E-state index in [4.69, 9.17) is 4.74 Å². The van der Waals surface area contributed by atoms with Crippen molar-refractivity contribution in [1.82, 2.24) is 5.32 Å². The smallest absolute Gasteiger partial charge is 0.216 e. The highest BCUT2D eigenvalue weighted by molar-refractivity contribution is 5.88. The van der Waals surface area contributed by atoms with E-state index in [1.54, 1.807) is 6.92 Å². The Kier molecular flexibility index (Phi) is 6.48. The zero-order valence-corrected chi connectivity index (χ0v) is 16.1. The maximum Gasteiger partial charge on any atom is 0.216 e. The van der Waals surface area contributed by atoms with Crippen LogP contribution in [0.1, 0.15) is 37.0 Å². The Morgan fingerprint density at radius 3 is 2.56 bits per heavy atom. The molecule has 0 aliphatic carbocycles. The average Bonchev–Trinajstić information content (AvgIpc) is 2.67. The number of carbonyl (C=O) groups excluding carboxylic acids is 1. The van der Waals surface area contributed by atoms with Crippen molar-refractivity contribution in [3.8, 4) is 5.75 Å². The summed E-state index contributed by atoms with van der Waals surface area (Å²) in [5.74, 6) is 0.910. The van der Waals surface area contributed by atoms with Crippen LogP contribution in [0.3, 0.4) is 0 Å². The molecule has 3 rings (SSSR count). The van der Waals surface area contributed by atoms with Gasteiger partial charge in [0.25, 0.3) is 0 Å². The molecular weight excluding hydrogens is 334 g/mol. The average molecular weight is 361 g/mol. The molecule has 0 heterocycles. The zero-order chi connectivity index (χ0) is 19.1. The molecule has 3 heteroatoms. The van der Waals surface area contributed by atoms with Crippen LogP contribution in [0.15, 0.2) is 60.7 Å². The van der Waals surface area contributed by atoms with Crippen LogP contribution in [0.25, 0.3) is 10.8 Å². The first-order chi connectivity index (χ1) is 13.2. The second kappa shape index (κ2) is 9.22. The van der Waals surface area contributed by atoms with Crippen molar-refractivity contribution in [2.45, 2.75) is 33.1 Å². The first-order valence-corrected chi connectivity index (χ1v) is 9.62. The highest BCUT2D eigenvalue weighted by atomic mass is 16.5. The molecule has 0 aromatic heterocycles. The molecule has 0 aliphatic heterocycles. The van der Waals surface area contributed by atoms with Gasteiger partial charge >= 0.3 is 0 Å². The Morgan fingerprint density at radius 2 is 1.81 bits per heavy atom. The molecule has 1 N–H and O–H groups in total. The Hall–Kier alpha value is -2.81. The van der Waals surface area contributed by atoms with Gasteiger partial charge in [0.05, 0.1) is 6.61 Å². The van der Waals surface area contributed by atoms with Crippen LogP contribution in [0.4, 0.5) is 0 Å². The Bertz CT molecular complexity index is 903. The fraction of sp³-hybridized carbons (Fsp3) is 0.292. The largest absolute Gasteiger partial charge is 0.494 e. The van der Waals surface area contributed by atoms with Gasteiger partial charge in [0.2, 0.25) is 5.91 Å². The molecule has 0 spiro atoms. The quantitative estimate of drug-likeness (QED) is 0.620. The van der Waals surface area contributed by atoms with Crippen molar-refractivity contribution < 1.29 is 9.53 Å². The normalized spacial score (nSPS) is 10.7. The summed E-state index contributed by atoms with van der Waals surface area (Å²) < 4.78 is 5.82. The van der Waals surface area contributed by atoms with Crippen LogP contribution in [0, 0.1) is 0 Å². The summed E-state index contributed by atoms with van der Waals surface area (Å²) in [7, 11) is 0. The van der Waals surface area contributed by atoms with Crippen LogP contribution >= 0.6 is 0 Å². The minimum Gasteiger partial charge on any atom is -0.494 e. The molecule has 0 radical (unpaired) electrons. The lowest BCUT2D eigenvalue weighted by atomic mass is 9.95. The predicted molar refractivity (Wildman–Crippen MR) is 111 cm³/mol. The summed E-state index contributed by atoms with van der Waals surface area (Å²) >= 11 is 0. The Labute approximate surface area is 161 Å². The second-order valence-corrected chi connectivity index (χ2v) is 6.88. The van der Waals surface area contributed by atoms with Crippen molar-refractivity contribution in [3.63, 3.8) is 0 Å². The fourth-order valence-electron chi connectivity index (χ4n) is 3.31. The number of carbonyl (C=O) groups is 1. The van der Waals surface area contributed by atoms with Gasteiger partial charge in [-0.15, -0.1) is 0 Å². The van der Waals surface area contributed by atoms with Gasteiger partial charge in [-0.1, -0.05) is 55.5 Å². The highest BCUT2D eigenvalue weighted by Crippen LogP contribution is 2.27. The summed E-state index contributed by atoms with van der Waals surface area (Å²) in [5, 5.41) is 5.32. The van der Waals surface area contributed by atoms with E-state index in [-0.39, 0.29) is 5.91 Å². The maximum absolute atomic E-state index is 11.2. The van der Waals surface area contributed by atoms with E-state index in [1.807, 2.05) is 12.1 Å². The number of fused-ring (bicyclic) bond motifs is 1. The molecule has 0 bridgehead atoms. The number of rotatable bonds is 8. The molecule has 3 aromatic carbocycles. The van der Waals surface area contributed by atoms with Gasteiger partial charge in [-0.2, -0.15) is 0 Å². The van der Waals surface area contributed by atoms with E-state index in [1.165, 1.54) is 27.5 Å². The summed E-state index contributed by atoms with van der Waals surface area (Å²) in [6.07, 6.45) is 2.69. The third-order valence-corrected chi connectivity index (χ3v) is 4.56. The number of hydrogen-bond acceptors (Lipinski definition) is 2. The number of benzene rings is 3. The standard InChI is InChI=1S/C24H27NO2/c1-3-13-27-23-10-9-21-15-20(14-19-7-5-4-6-8-19)16-22(24(21)17-23)11-12-25-18(2)26/h4-10,15-17H,3,11-14H2,1-2H3,(H,25,26). The third-order valence-electron chi connectivity index (χ3n) is 4.56. The summed E-state index contributed by atoms with van der Waals surface area (Å²) in [4.78, 5) is 11.2. The van der Waals surface area contributed by atoms with E-state index < -0.39 is 0 Å². The number of amides is 1. The van der Waals surface area contributed by atoms with Gasteiger partial charge < -0.3 is 10.1 Å². The van der Waals surface area contributed by atoms with Gasteiger partial charge in [-0.3, -0.25) is 4.79 Å². The van der Waals surface area contributed by atoms with Gasteiger partial charge in [-0.25, -0.2) is 0 Å². The monoisotopic (exact) mass is 361 g/mol. The molecule has 0 saturated heterocycles. The van der Waals surface area contributed by atoms with Crippen LogP contribution in [0.2, 0.25) is 0 Å². The molecule has 0 aliphatic rings. The van der Waals surface area contributed by atoms with E-state index in [2.05, 4.69) is 60.8 Å². The molecular formula is C24H27NO2. The minimum absolute atomic E-state index is 0.00622. The van der Waals surface area contributed by atoms with Crippen molar-refractivity contribution in [1.29, 1.82) is 0 Å². The third kappa shape index (κ3) is 5.33. The van der Waals surface area contributed by atoms with E-state index in [9.17, 15) is 4.79 Å². The molecule has 0 fully saturated rings. The van der Waals surface area contributed by atoms with Crippen LogP contribution in [-0.2, 0) is 17.6 Å². The minimum atomic E-state index is 0.00622. The summed E-state index contributed by atoms with van der Waals surface area (Å²) in [5.41, 5.74) is 3.83. The van der Waals surface area contributed by atoms with Crippen LogP contribution in [-0.4, -0.2) is 19.1 Å². The zero-order valence-electron chi connectivity index (χ0n) is 16.1. The Morgan fingerprint density at radius 1 is 1.00 bits per heavy atom. The number of ether oxygens (including phenoxy) is 1. The van der Waals surface area contributed by atoms with Gasteiger partial charge in [0.1, 0.15) is 5.75 Å². The molecule has 27 heavy (non-hydrogen) atoms. The van der Waals surface area contributed by atoms with Gasteiger partial charge in [-0.05, 0) is 58.9 Å².